The van der Waals surface area contributed by atoms with Gasteiger partial charge in [0.1, 0.15) is 0 Å². The van der Waals surface area contributed by atoms with Gasteiger partial charge >= 0.3 is 0 Å². The average molecular weight is 396 g/mol. The number of carbonyl (C=O) groups is 1. The van der Waals surface area contributed by atoms with E-state index in [0.717, 1.165) is 20.1 Å². The van der Waals surface area contributed by atoms with Crippen LogP contribution in [0.2, 0.25) is 0 Å². The van der Waals surface area contributed by atoms with Gasteiger partial charge in [-0.25, -0.2) is 4.98 Å². The Morgan fingerprint density at radius 1 is 1.07 bits per heavy atom. The quantitative estimate of drug-likeness (QED) is 0.485. The first-order chi connectivity index (χ1) is 13.3. The highest BCUT2D eigenvalue weighted by Crippen LogP contribution is 2.29. The van der Waals surface area contributed by atoms with Gasteiger partial charge < -0.3 is 5.32 Å². The first kappa shape index (κ1) is 17.7. The largest absolute Gasteiger partial charge is 0.347 e. The minimum atomic E-state index is -0.193. The lowest BCUT2D eigenvalue weighted by Crippen LogP contribution is -2.33. The fraction of sp³-hybridized carbons (Fsp3) is 0.158. The molecular weight excluding hydrogens is 378 g/mol. The lowest BCUT2D eigenvalue weighted by atomic mass is 10.1. The molecule has 136 valence electrons. The van der Waals surface area contributed by atoms with Crippen LogP contribution in [0.5, 0.6) is 0 Å². The Kier molecular flexibility index (Phi) is 5.45. The van der Waals surface area contributed by atoms with Crippen molar-refractivity contribution < 1.29 is 4.79 Å². The molecule has 8 heteroatoms. The maximum atomic E-state index is 12.5. The van der Waals surface area contributed by atoms with Crippen LogP contribution in [0.25, 0.3) is 10.2 Å². The summed E-state index contributed by atoms with van der Waals surface area (Å²) in [5, 5.41) is 11.4. The Balaban J connectivity index is 1.41. The second-order valence-corrected chi connectivity index (χ2v) is 8.10. The van der Waals surface area contributed by atoms with Crippen molar-refractivity contribution >= 4 is 39.2 Å². The molecule has 4 aromatic rings. The molecule has 0 aliphatic heterocycles. The van der Waals surface area contributed by atoms with Crippen molar-refractivity contribution in [3.63, 3.8) is 0 Å². The molecule has 2 aromatic heterocycles. The van der Waals surface area contributed by atoms with Crippen molar-refractivity contribution in [2.75, 3.05) is 5.75 Å². The fourth-order valence-electron chi connectivity index (χ4n) is 2.70. The predicted octanol–water partition coefficient (Wildman–Crippen LogP) is 3.54. The zero-order chi connectivity index (χ0) is 18.5. The second kappa shape index (κ2) is 8.32. The van der Waals surface area contributed by atoms with Gasteiger partial charge in [-0.15, -0.1) is 11.3 Å². The fourth-order valence-corrected chi connectivity index (χ4v) is 4.58. The number of fused-ring (bicyclic) bond motifs is 1. The number of para-hydroxylation sites is 1. The van der Waals surface area contributed by atoms with Crippen LogP contribution in [0.4, 0.5) is 0 Å². The number of hydrogen-bond acceptors (Lipinski definition) is 6. The number of thioether (sulfide) groups is 1. The van der Waals surface area contributed by atoms with E-state index in [1.165, 1.54) is 11.8 Å². The van der Waals surface area contributed by atoms with Gasteiger partial charge in [-0.3, -0.25) is 4.79 Å². The van der Waals surface area contributed by atoms with E-state index in [4.69, 9.17) is 0 Å². The average Bonchev–Trinajstić information content (AvgIpc) is 3.36. The Hall–Kier alpha value is -2.71. The first-order valence-electron chi connectivity index (χ1n) is 8.45. The molecule has 6 nitrogen and oxygen atoms in total. The molecule has 1 amide bonds. The van der Waals surface area contributed by atoms with Crippen molar-refractivity contribution in [2.45, 2.75) is 16.9 Å². The van der Waals surface area contributed by atoms with Crippen molar-refractivity contribution in [2.24, 2.45) is 0 Å². The molecule has 0 spiro atoms. The monoisotopic (exact) mass is 395 g/mol. The van der Waals surface area contributed by atoms with E-state index in [2.05, 4.69) is 20.5 Å². The van der Waals surface area contributed by atoms with Crippen LogP contribution in [0.1, 0.15) is 11.6 Å². The number of benzene rings is 2. The first-order valence-corrected chi connectivity index (χ1v) is 10.2. The highest BCUT2D eigenvalue weighted by atomic mass is 32.2. The van der Waals surface area contributed by atoms with Crippen molar-refractivity contribution in [1.82, 2.24) is 25.3 Å². The molecule has 2 aromatic carbocycles. The van der Waals surface area contributed by atoms with Crippen LogP contribution in [-0.4, -0.2) is 31.6 Å². The number of hydrogen-bond donors (Lipinski definition) is 1. The number of carbonyl (C=O) groups excluding carboxylic acids is 1. The van der Waals surface area contributed by atoms with Gasteiger partial charge in [0.15, 0.2) is 4.34 Å². The van der Waals surface area contributed by atoms with Gasteiger partial charge in [-0.2, -0.15) is 15.0 Å². The van der Waals surface area contributed by atoms with E-state index in [0.29, 0.717) is 12.3 Å². The molecule has 2 heterocycles. The molecule has 1 N–H and O–H groups in total. The van der Waals surface area contributed by atoms with Gasteiger partial charge in [0.05, 0.1) is 40.9 Å². The zero-order valence-electron chi connectivity index (χ0n) is 14.4. The molecule has 0 saturated carbocycles. The van der Waals surface area contributed by atoms with Gasteiger partial charge in [0.25, 0.3) is 0 Å². The molecule has 0 saturated heterocycles. The molecular formula is C19H17N5OS2. The van der Waals surface area contributed by atoms with Crippen molar-refractivity contribution in [3.8, 4) is 0 Å². The van der Waals surface area contributed by atoms with Crippen molar-refractivity contribution in [3.05, 3.63) is 72.6 Å². The summed E-state index contributed by atoms with van der Waals surface area (Å²) in [5.74, 6) is 0.274. The molecule has 0 radical (unpaired) electrons. The zero-order valence-corrected chi connectivity index (χ0v) is 16.0. The Labute approximate surface area is 164 Å². The summed E-state index contributed by atoms with van der Waals surface area (Å²) in [4.78, 5) is 18.7. The summed E-state index contributed by atoms with van der Waals surface area (Å²) in [6.07, 6.45) is 3.26. The van der Waals surface area contributed by atoms with Gasteiger partial charge in [0.2, 0.25) is 5.91 Å². The molecule has 0 aliphatic rings. The molecule has 1 atom stereocenters. The van der Waals surface area contributed by atoms with Crippen LogP contribution in [-0.2, 0) is 11.3 Å². The summed E-state index contributed by atoms with van der Waals surface area (Å²) >= 11 is 3.06. The molecule has 0 fully saturated rings. The predicted molar refractivity (Wildman–Crippen MR) is 108 cm³/mol. The summed E-state index contributed by atoms with van der Waals surface area (Å²) in [6.45, 7) is 0.481. The van der Waals surface area contributed by atoms with Crippen LogP contribution in [0.15, 0.2) is 71.3 Å². The number of nitrogens with one attached hydrogen (secondary N) is 1. The third-order valence-electron chi connectivity index (χ3n) is 3.95. The summed E-state index contributed by atoms with van der Waals surface area (Å²) in [5.41, 5.74) is 1.99. The lowest BCUT2D eigenvalue weighted by molar-refractivity contribution is -0.119. The van der Waals surface area contributed by atoms with E-state index in [1.807, 2.05) is 54.6 Å². The van der Waals surface area contributed by atoms with Gasteiger partial charge in [-0.05, 0) is 17.7 Å². The van der Waals surface area contributed by atoms with Gasteiger partial charge in [-0.1, -0.05) is 54.2 Å². The number of aromatic nitrogens is 4. The molecule has 1 unspecified atom stereocenters. The Bertz CT molecular complexity index is 984. The van der Waals surface area contributed by atoms with Gasteiger partial charge in [0, 0.05) is 0 Å². The van der Waals surface area contributed by atoms with Crippen LogP contribution >= 0.6 is 23.1 Å². The van der Waals surface area contributed by atoms with E-state index in [1.54, 1.807) is 28.5 Å². The highest BCUT2D eigenvalue weighted by molar-refractivity contribution is 8.01. The summed E-state index contributed by atoms with van der Waals surface area (Å²) in [7, 11) is 0. The van der Waals surface area contributed by atoms with Crippen LogP contribution < -0.4 is 5.32 Å². The second-order valence-electron chi connectivity index (χ2n) is 5.85. The smallest absolute Gasteiger partial charge is 0.230 e. The number of thiazole rings is 1. The number of nitrogens with zero attached hydrogens (tertiary/aromatic N) is 4. The Morgan fingerprint density at radius 3 is 2.59 bits per heavy atom. The van der Waals surface area contributed by atoms with E-state index < -0.39 is 0 Å². The van der Waals surface area contributed by atoms with E-state index >= 15 is 0 Å². The third-order valence-corrected chi connectivity index (χ3v) is 6.13. The van der Waals surface area contributed by atoms with Crippen molar-refractivity contribution in [1.29, 1.82) is 0 Å². The van der Waals surface area contributed by atoms with E-state index in [9.17, 15) is 4.79 Å². The topological polar surface area (TPSA) is 72.7 Å². The molecule has 0 aliphatic carbocycles. The number of amides is 1. The highest BCUT2D eigenvalue weighted by Gasteiger charge is 2.17. The minimum Gasteiger partial charge on any atom is -0.347 e. The minimum absolute atomic E-state index is 0.0414. The lowest BCUT2D eigenvalue weighted by Gasteiger charge is -2.18. The molecule has 0 bridgehead atoms. The third kappa shape index (κ3) is 4.53. The standard InChI is InChI=1S/C19H17N5OS2/c25-18(13-26-19-23-15-8-4-5-9-17(15)27-19)22-16(12-24-20-10-11-21-24)14-6-2-1-3-7-14/h1-11,16H,12-13H2,(H,22,25). The summed E-state index contributed by atoms with van der Waals surface area (Å²) in [6, 6.07) is 17.7. The van der Waals surface area contributed by atoms with Crippen LogP contribution in [0.3, 0.4) is 0 Å². The normalized spacial score (nSPS) is 12.1. The Morgan fingerprint density at radius 2 is 1.81 bits per heavy atom. The number of rotatable bonds is 7. The van der Waals surface area contributed by atoms with E-state index in [-0.39, 0.29) is 11.9 Å². The maximum absolute atomic E-state index is 12.5. The molecule has 27 heavy (non-hydrogen) atoms. The SMILES string of the molecule is O=C(CSc1nc2ccccc2s1)NC(Cn1nccn1)c1ccccc1. The van der Waals surface area contributed by atoms with Crippen LogP contribution in [0, 0.1) is 0 Å². The maximum Gasteiger partial charge on any atom is 0.230 e. The summed E-state index contributed by atoms with van der Waals surface area (Å²) < 4.78 is 2.03. The molecule has 4 rings (SSSR count).